The number of ether oxygens (including phenoxy) is 1. The molecule has 1 aliphatic rings. The van der Waals surface area contributed by atoms with Gasteiger partial charge < -0.3 is 10.5 Å². The number of sulfonamides is 1. The Hall–Kier alpha value is -1.18. The minimum absolute atomic E-state index is 0.0555. The normalized spacial score (nSPS) is 24.3. The van der Waals surface area contributed by atoms with E-state index < -0.39 is 15.6 Å². The molecule has 1 fully saturated rings. The summed E-state index contributed by atoms with van der Waals surface area (Å²) in [5.74, 6) is 0. The zero-order valence-corrected chi connectivity index (χ0v) is 12.1. The number of morpholine rings is 1. The highest BCUT2D eigenvalue weighted by atomic mass is 32.2. The predicted molar refractivity (Wildman–Crippen MR) is 72.0 cm³/mol. The molecule has 6 nitrogen and oxygen atoms in total. The Labute approximate surface area is 113 Å². The number of nitrogens with two attached hydrogens (primary N) is 1. The third-order valence-electron chi connectivity index (χ3n) is 2.97. The Balaban J connectivity index is 2.38. The van der Waals surface area contributed by atoms with E-state index in [0.717, 1.165) is 0 Å². The second-order valence-corrected chi connectivity index (χ2v) is 7.31. The van der Waals surface area contributed by atoms with Crippen LogP contribution in [0.25, 0.3) is 0 Å². The zero-order chi connectivity index (χ0) is 14.3. The van der Waals surface area contributed by atoms with Crippen molar-refractivity contribution in [3.8, 4) is 0 Å². The van der Waals surface area contributed by atoms with Gasteiger partial charge in [-0.3, -0.25) is 4.98 Å². The van der Waals surface area contributed by atoms with Crippen molar-refractivity contribution in [1.29, 1.82) is 0 Å². The van der Waals surface area contributed by atoms with Gasteiger partial charge in [0.2, 0.25) is 10.0 Å². The summed E-state index contributed by atoms with van der Waals surface area (Å²) in [4.78, 5) is 3.90. The highest BCUT2D eigenvalue weighted by molar-refractivity contribution is 7.89. The molecule has 0 amide bonds. The minimum atomic E-state index is -3.63. The van der Waals surface area contributed by atoms with Gasteiger partial charge in [0, 0.05) is 25.5 Å². The molecule has 0 aromatic carbocycles. The van der Waals surface area contributed by atoms with Crippen LogP contribution < -0.4 is 5.73 Å². The van der Waals surface area contributed by atoms with Crippen molar-refractivity contribution in [2.24, 2.45) is 0 Å². The van der Waals surface area contributed by atoms with E-state index in [1.54, 1.807) is 0 Å². The van der Waals surface area contributed by atoms with Crippen LogP contribution in [0.1, 0.15) is 20.8 Å². The van der Waals surface area contributed by atoms with E-state index in [-0.39, 0.29) is 16.7 Å². The molecule has 1 aliphatic heterocycles. The van der Waals surface area contributed by atoms with Gasteiger partial charge >= 0.3 is 0 Å². The van der Waals surface area contributed by atoms with E-state index in [0.29, 0.717) is 13.1 Å². The lowest BCUT2D eigenvalue weighted by molar-refractivity contribution is -0.109. The number of hydrogen-bond donors (Lipinski definition) is 1. The summed E-state index contributed by atoms with van der Waals surface area (Å²) < 4.78 is 32.3. The largest absolute Gasteiger partial charge is 0.398 e. The van der Waals surface area contributed by atoms with E-state index in [1.165, 1.54) is 22.8 Å². The van der Waals surface area contributed by atoms with E-state index in [4.69, 9.17) is 10.5 Å². The van der Waals surface area contributed by atoms with Crippen LogP contribution in [0.15, 0.2) is 23.4 Å². The van der Waals surface area contributed by atoms with Crippen LogP contribution in [0, 0.1) is 0 Å². The first kappa shape index (κ1) is 14.2. The molecule has 2 heterocycles. The van der Waals surface area contributed by atoms with Crippen molar-refractivity contribution in [2.45, 2.75) is 37.4 Å². The Morgan fingerprint density at radius 1 is 1.53 bits per heavy atom. The topological polar surface area (TPSA) is 85.5 Å². The highest BCUT2D eigenvalue weighted by Gasteiger charge is 2.38. The fraction of sp³-hybridized carbons (Fsp3) is 0.583. The van der Waals surface area contributed by atoms with Crippen molar-refractivity contribution in [1.82, 2.24) is 9.29 Å². The molecular weight excluding hydrogens is 266 g/mol. The fourth-order valence-corrected chi connectivity index (χ4v) is 4.05. The van der Waals surface area contributed by atoms with Gasteiger partial charge in [0.25, 0.3) is 0 Å². The number of aromatic nitrogens is 1. The summed E-state index contributed by atoms with van der Waals surface area (Å²) in [6, 6.07) is 1.49. The van der Waals surface area contributed by atoms with E-state index in [1.807, 2.05) is 20.8 Å². The molecule has 0 saturated carbocycles. The molecule has 2 N–H and O–H groups in total. The smallest absolute Gasteiger partial charge is 0.246 e. The van der Waals surface area contributed by atoms with Crippen LogP contribution in [0.2, 0.25) is 0 Å². The van der Waals surface area contributed by atoms with Crippen LogP contribution in [0.3, 0.4) is 0 Å². The number of hydrogen-bond acceptors (Lipinski definition) is 5. The number of nitrogen functional groups attached to an aromatic ring is 1. The molecule has 0 aliphatic carbocycles. The van der Waals surface area contributed by atoms with Gasteiger partial charge in [-0.05, 0) is 26.8 Å². The number of rotatable bonds is 2. The van der Waals surface area contributed by atoms with E-state index >= 15 is 0 Å². The third kappa shape index (κ3) is 2.88. The molecule has 0 radical (unpaired) electrons. The lowest BCUT2D eigenvalue weighted by Crippen LogP contribution is -2.53. The van der Waals surface area contributed by atoms with Gasteiger partial charge in [-0.25, -0.2) is 8.42 Å². The summed E-state index contributed by atoms with van der Waals surface area (Å²) in [6.07, 6.45) is 2.61. The van der Waals surface area contributed by atoms with Gasteiger partial charge in [0.1, 0.15) is 4.90 Å². The summed E-state index contributed by atoms with van der Waals surface area (Å²) in [5.41, 5.74) is 5.44. The molecule has 1 saturated heterocycles. The SMILES string of the molecule is CC1CN(S(=O)(=O)c2cnccc2N)CC(C)(C)O1. The molecule has 7 heteroatoms. The summed E-state index contributed by atoms with van der Waals surface area (Å²) >= 11 is 0. The second-order valence-electron chi connectivity index (χ2n) is 5.40. The number of pyridine rings is 1. The van der Waals surface area contributed by atoms with Gasteiger partial charge in [0.15, 0.2) is 0 Å². The maximum absolute atomic E-state index is 12.6. The number of anilines is 1. The van der Waals surface area contributed by atoms with E-state index in [2.05, 4.69) is 4.98 Å². The Bertz CT molecular complexity index is 571. The average molecular weight is 285 g/mol. The van der Waals surface area contributed by atoms with Crippen LogP contribution in [0.4, 0.5) is 5.69 Å². The predicted octanol–water partition coefficient (Wildman–Crippen LogP) is 0.852. The molecule has 2 rings (SSSR count). The molecular formula is C12H19N3O3S. The molecule has 1 unspecified atom stereocenters. The molecule has 1 aromatic heterocycles. The third-order valence-corrected chi connectivity index (χ3v) is 4.83. The monoisotopic (exact) mass is 285 g/mol. The highest BCUT2D eigenvalue weighted by Crippen LogP contribution is 2.28. The van der Waals surface area contributed by atoms with Crippen molar-refractivity contribution in [3.05, 3.63) is 18.5 Å². The standard InChI is InChI=1S/C12H19N3O3S/c1-9-7-15(8-12(2,3)18-9)19(16,17)11-6-14-5-4-10(11)13/h4-6,9H,7-8H2,1-3H3,(H2,13,14). The molecule has 106 valence electrons. The van der Waals surface area contributed by atoms with Crippen LogP contribution in [-0.2, 0) is 14.8 Å². The maximum atomic E-state index is 12.6. The Morgan fingerprint density at radius 2 is 2.21 bits per heavy atom. The van der Waals surface area contributed by atoms with Crippen molar-refractivity contribution >= 4 is 15.7 Å². The van der Waals surface area contributed by atoms with Gasteiger partial charge in [-0.1, -0.05) is 0 Å². The number of nitrogens with zero attached hydrogens (tertiary/aromatic N) is 2. The van der Waals surface area contributed by atoms with Crippen molar-refractivity contribution in [2.75, 3.05) is 18.8 Å². The van der Waals surface area contributed by atoms with Gasteiger partial charge in [-0.15, -0.1) is 0 Å². The Kier molecular flexibility index (Phi) is 3.55. The maximum Gasteiger partial charge on any atom is 0.246 e. The van der Waals surface area contributed by atoms with Crippen molar-refractivity contribution in [3.63, 3.8) is 0 Å². The minimum Gasteiger partial charge on any atom is -0.398 e. The first-order valence-corrected chi connectivity index (χ1v) is 7.54. The summed E-state index contributed by atoms with van der Waals surface area (Å²) in [7, 11) is -3.63. The van der Waals surface area contributed by atoms with Crippen LogP contribution in [0.5, 0.6) is 0 Å². The first-order chi connectivity index (χ1) is 8.72. The second kappa shape index (κ2) is 4.73. The van der Waals surface area contributed by atoms with Crippen LogP contribution in [-0.4, -0.2) is 42.5 Å². The molecule has 0 bridgehead atoms. The van der Waals surface area contributed by atoms with Crippen LogP contribution >= 0.6 is 0 Å². The molecule has 1 aromatic rings. The lowest BCUT2D eigenvalue weighted by atomic mass is 10.1. The molecule has 0 spiro atoms. The molecule has 1 atom stereocenters. The van der Waals surface area contributed by atoms with E-state index in [9.17, 15) is 8.42 Å². The van der Waals surface area contributed by atoms with Crippen molar-refractivity contribution < 1.29 is 13.2 Å². The Morgan fingerprint density at radius 3 is 2.79 bits per heavy atom. The summed E-state index contributed by atoms with van der Waals surface area (Å²) in [5, 5.41) is 0. The quantitative estimate of drug-likeness (QED) is 0.870. The average Bonchev–Trinajstić information content (AvgIpc) is 2.26. The first-order valence-electron chi connectivity index (χ1n) is 6.10. The fourth-order valence-electron chi connectivity index (χ4n) is 2.32. The lowest BCUT2D eigenvalue weighted by Gasteiger charge is -2.40. The van der Waals surface area contributed by atoms with Gasteiger partial charge in [-0.2, -0.15) is 4.31 Å². The van der Waals surface area contributed by atoms with Gasteiger partial charge in [0.05, 0.1) is 17.4 Å². The molecule has 19 heavy (non-hydrogen) atoms. The zero-order valence-electron chi connectivity index (χ0n) is 11.3. The summed E-state index contributed by atoms with van der Waals surface area (Å²) in [6.45, 7) is 6.22.